The van der Waals surface area contributed by atoms with Crippen molar-refractivity contribution in [3.8, 4) is 0 Å². The van der Waals surface area contributed by atoms with Crippen LogP contribution >= 0.6 is 0 Å². The van der Waals surface area contributed by atoms with Gasteiger partial charge in [0.15, 0.2) is 0 Å². The van der Waals surface area contributed by atoms with Crippen LogP contribution in [-0.4, -0.2) is 0 Å². The molecule has 3 rings (SSSR count). The third-order valence-corrected chi connectivity index (χ3v) is 6.02. The van der Waals surface area contributed by atoms with Gasteiger partial charge in [-0.25, -0.2) is 0 Å². The van der Waals surface area contributed by atoms with E-state index in [0.717, 1.165) is 6.42 Å². The van der Waals surface area contributed by atoms with E-state index in [1.165, 1.54) is 29.5 Å². The van der Waals surface area contributed by atoms with Gasteiger partial charge in [0.1, 0.15) is 0 Å². The molecule has 1 aliphatic rings. The smallest absolute Gasteiger partial charge is 0.0178 e. The van der Waals surface area contributed by atoms with Crippen molar-refractivity contribution in [2.75, 3.05) is 0 Å². The maximum atomic E-state index is 5.85. The van der Waals surface area contributed by atoms with Crippen LogP contribution in [-0.2, 0) is 6.54 Å². The molecule has 2 aromatic carbocycles. The first-order valence-corrected chi connectivity index (χ1v) is 10.8. The van der Waals surface area contributed by atoms with Crippen molar-refractivity contribution >= 4 is 0 Å². The number of nitrogens with two attached hydrogens (primary N) is 1. The summed E-state index contributed by atoms with van der Waals surface area (Å²) in [5, 5.41) is 0. The lowest BCUT2D eigenvalue weighted by atomic mass is 9.68. The van der Waals surface area contributed by atoms with Crippen molar-refractivity contribution in [2.45, 2.75) is 52.5 Å². The summed E-state index contributed by atoms with van der Waals surface area (Å²) in [6, 6.07) is 20.1. The third-order valence-electron chi connectivity index (χ3n) is 6.02. The van der Waals surface area contributed by atoms with E-state index in [1.807, 2.05) is 0 Å². The van der Waals surface area contributed by atoms with E-state index in [-0.39, 0.29) is 0 Å². The standard InChI is InChI=1S/C27H35N/c1-20(2)18-21(3)26(23-10-6-4-7-11-23)27(24-12-8-5-9-13-24)25-16-14-22(19-28)15-17-25/h4-6,8-10,12-17,20-21,26-27H,7,11,18-19,28H2,1-3H3. The molecule has 0 aliphatic heterocycles. The number of rotatable bonds is 8. The van der Waals surface area contributed by atoms with Crippen LogP contribution in [0.5, 0.6) is 0 Å². The van der Waals surface area contributed by atoms with Gasteiger partial charge in [-0.05, 0) is 53.7 Å². The van der Waals surface area contributed by atoms with E-state index >= 15 is 0 Å². The van der Waals surface area contributed by atoms with Crippen molar-refractivity contribution in [1.82, 2.24) is 0 Å². The molecule has 1 aliphatic carbocycles. The minimum absolute atomic E-state index is 0.375. The second kappa shape index (κ2) is 9.89. The largest absolute Gasteiger partial charge is 0.326 e. The van der Waals surface area contributed by atoms with E-state index in [9.17, 15) is 0 Å². The normalized spacial score (nSPS) is 17.2. The monoisotopic (exact) mass is 373 g/mol. The van der Waals surface area contributed by atoms with Crippen LogP contribution in [0.4, 0.5) is 0 Å². The van der Waals surface area contributed by atoms with Gasteiger partial charge in [0.2, 0.25) is 0 Å². The average Bonchev–Trinajstić information content (AvgIpc) is 2.72. The Hall–Kier alpha value is -2.12. The highest BCUT2D eigenvalue weighted by Crippen LogP contribution is 2.44. The highest BCUT2D eigenvalue weighted by Gasteiger charge is 2.32. The third kappa shape index (κ3) is 5.02. The summed E-state index contributed by atoms with van der Waals surface area (Å²) in [5.41, 5.74) is 11.5. The van der Waals surface area contributed by atoms with Crippen LogP contribution in [0.2, 0.25) is 0 Å². The molecule has 148 valence electrons. The average molecular weight is 374 g/mol. The Morgan fingerprint density at radius 2 is 1.57 bits per heavy atom. The summed E-state index contributed by atoms with van der Waals surface area (Å²) in [6.07, 6.45) is 10.5. The van der Waals surface area contributed by atoms with E-state index < -0.39 is 0 Å². The minimum Gasteiger partial charge on any atom is -0.326 e. The molecule has 0 amide bonds. The molecule has 0 radical (unpaired) electrons. The van der Waals surface area contributed by atoms with E-state index in [2.05, 4.69) is 93.6 Å². The molecule has 0 saturated heterocycles. The molecule has 0 aromatic heterocycles. The van der Waals surface area contributed by atoms with Gasteiger partial charge in [-0.3, -0.25) is 0 Å². The van der Waals surface area contributed by atoms with Crippen LogP contribution in [0.3, 0.4) is 0 Å². The molecule has 0 fully saturated rings. The molecule has 2 aromatic rings. The fraction of sp³-hybridized carbons (Fsp3) is 0.407. The highest BCUT2D eigenvalue weighted by molar-refractivity contribution is 5.39. The van der Waals surface area contributed by atoms with Crippen LogP contribution < -0.4 is 5.73 Å². The topological polar surface area (TPSA) is 26.0 Å². The SMILES string of the molecule is CC(C)CC(C)C(C1=CC=CCC1)C(c1ccccc1)c1ccc(CN)cc1. The quantitative estimate of drug-likeness (QED) is 0.538. The van der Waals surface area contributed by atoms with Crippen LogP contribution in [0.15, 0.2) is 78.4 Å². The Morgan fingerprint density at radius 3 is 2.14 bits per heavy atom. The maximum Gasteiger partial charge on any atom is 0.0178 e. The van der Waals surface area contributed by atoms with Crippen molar-refractivity contribution in [2.24, 2.45) is 23.5 Å². The van der Waals surface area contributed by atoms with Crippen molar-refractivity contribution in [3.05, 3.63) is 95.1 Å². The van der Waals surface area contributed by atoms with Gasteiger partial charge in [0, 0.05) is 12.5 Å². The number of allylic oxidation sites excluding steroid dienone is 4. The fourth-order valence-corrected chi connectivity index (χ4v) is 4.83. The summed E-state index contributed by atoms with van der Waals surface area (Å²) < 4.78 is 0. The van der Waals surface area contributed by atoms with E-state index in [1.54, 1.807) is 5.57 Å². The Bertz CT molecular complexity index is 783. The Kier molecular flexibility index (Phi) is 7.28. The highest BCUT2D eigenvalue weighted by atomic mass is 14.5. The van der Waals surface area contributed by atoms with Gasteiger partial charge in [0.25, 0.3) is 0 Å². The molecule has 3 unspecified atom stereocenters. The van der Waals surface area contributed by atoms with Crippen molar-refractivity contribution in [1.29, 1.82) is 0 Å². The number of benzene rings is 2. The first kappa shape index (κ1) is 20.6. The van der Waals surface area contributed by atoms with Gasteiger partial charge in [-0.2, -0.15) is 0 Å². The molecule has 0 bridgehead atoms. The first-order chi connectivity index (χ1) is 13.6. The van der Waals surface area contributed by atoms with E-state index in [0.29, 0.717) is 30.2 Å². The van der Waals surface area contributed by atoms with Gasteiger partial charge in [-0.1, -0.05) is 99.2 Å². The summed E-state index contributed by atoms with van der Waals surface area (Å²) >= 11 is 0. The second-order valence-corrected chi connectivity index (χ2v) is 8.68. The zero-order valence-electron chi connectivity index (χ0n) is 17.6. The number of hydrogen-bond donors (Lipinski definition) is 1. The van der Waals surface area contributed by atoms with Gasteiger partial charge >= 0.3 is 0 Å². The number of hydrogen-bond acceptors (Lipinski definition) is 1. The lowest BCUT2D eigenvalue weighted by Gasteiger charge is -2.36. The Balaban J connectivity index is 2.09. The van der Waals surface area contributed by atoms with Crippen LogP contribution in [0, 0.1) is 17.8 Å². The maximum absolute atomic E-state index is 5.85. The molecular weight excluding hydrogens is 338 g/mol. The first-order valence-electron chi connectivity index (χ1n) is 10.8. The summed E-state index contributed by atoms with van der Waals surface area (Å²) in [4.78, 5) is 0. The Morgan fingerprint density at radius 1 is 0.893 bits per heavy atom. The Labute approximate surface area is 171 Å². The zero-order chi connectivity index (χ0) is 19.9. The van der Waals surface area contributed by atoms with Gasteiger partial charge in [0.05, 0.1) is 0 Å². The molecule has 28 heavy (non-hydrogen) atoms. The molecule has 1 heteroatoms. The molecule has 0 heterocycles. The van der Waals surface area contributed by atoms with Crippen molar-refractivity contribution < 1.29 is 0 Å². The molecule has 0 saturated carbocycles. The van der Waals surface area contributed by atoms with Gasteiger partial charge in [-0.15, -0.1) is 0 Å². The van der Waals surface area contributed by atoms with Gasteiger partial charge < -0.3 is 5.73 Å². The molecular formula is C27H35N. The molecule has 2 N–H and O–H groups in total. The molecule has 1 nitrogen and oxygen atoms in total. The molecule has 0 spiro atoms. The van der Waals surface area contributed by atoms with Crippen molar-refractivity contribution in [3.63, 3.8) is 0 Å². The zero-order valence-corrected chi connectivity index (χ0v) is 17.6. The van der Waals surface area contributed by atoms with E-state index in [4.69, 9.17) is 5.73 Å². The summed E-state index contributed by atoms with van der Waals surface area (Å²) in [5.74, 6) is 2.21. The fourth-order valence-electron chi connectivity index (χ4n) is 4.83. The summed E-state index contributed by atoms with van der Waals surface area (Å²) in [7, 11) is 0. The predicted octanol–water partition coefficient (Wildman–Crippen LogP) is 6.85. The van der Waals surface area contributed by atoms with Crippen LogP contribution in [0.25, 0.3) is 0 Å². The van der Waals surface area contributed by atoms with Crippen LogP contribution in [0.1, 0.15) is 62.6 Å². The lowest BCUT2D eigenvalue weighted by Crippen LogP contribution is -2.25. The summed E-state index contributed by atoms with van der Waals surface area (Å²) in [6.45, 7) is 7.74. The molecule has 3 atom stereocenters. The minimum atomic E-state index is 0.375. The predicted molar refractivity (Wildman–Crippen MR) is 121 cm³/mol. The second-order valence-electron chi connectivity index (χ2n) is 8.68. The lowest BCUT2D eigenvalue weighted by molar-refractivity contribution is 0.309.